The number of aliphatic hydroxyl groups excluding tert-OH is 1. The first kappa shape index (κ1) is 11.8. The van der Waals surface area contributed by atoms with Gasteiger partial charge in [-0.25, -0.2) is 9.59 Å². The molecule has 0 aromatic rings. The van der Waals surface area contributed by atoms with Crippen LogP contribution >= 0.6 is 0 Å². The summed E-state index contributed by atoms with van der Waals surface area (Å²) in [6.45, 7) is 1.62. The van der Waals surface area contributed by atoms with Gasteiger partial charge in [0.1, 0.15) is 0 Å². The second kappa shape index (κ2) is 3.88. The molecule has 0 radical (unpaired) electrons. The van der Waals surface area contributed by atoms with Crippen molar-refractivity contribution in [1.82, 2.24) is 0 Å². The van der Waals surface area contributed by atoms with Crippen molar-refractivity contribution in [3.63, 3.8) is 0 Å². The van der Waals surface area contributed by atoms with E-state index in [0.717, 1.165) is 25.7 Å². The quantitative estimate of drug-likeness (QED) is 0.545. The minimum atomic E-state index is -0.966. The predicted octanol–water partition coefficient (Wildman–Crippen LogP) is 0.250. The van der Waals surface area contributed by atoms with E-state index in [1.165, 1.54) is 4.58 Å². The maximum atomic E-state index is 12.0. The maximum Gasteiger partial charge on any atom is 0.400 e. The molecule has 2 fully saturated rings. The molecular formula is C13H18NO4+. The fraction of sp³-hybridized carbons (Fsp3) is 0.769. The number of nitrogens with zero attached hydrogens (tertiary/aromatic N) is 1. The van der Waals surface area contributed by atoms with Gasteiger partial charge in [-0.3, -0.25) is 0 Å². The molecule has 5 atom stereocenters. The molecule has 0 aromatic carbocycles. The molecule has 3 rings (SSSR count). The Bertz CT molecular complexity index is 454. The SMILES string of the molecule is CC(O)C1C(=O)[N+]2=C(C(=O)O)C3CCCCC3C12. The van der Waals surface area contributed by atoms with Crippen LogP contribution in [-0.4, -0.2) is 44.5 Å². The fourth-order valence-corrected chi connectivity index (χ4v) is 4.11. The zero-order valence-corrected chi connectivity index (χ0v) is 10.4. The van der Waals surface area contributed by atoms with Gasteiger partial charge in [-0.05, 0) is 19.8 Å². The molecule has 5 heteroatoms. The third-order valence-electron chi connectivity index (χ3n) is 4.80. The smallest absolute Gasteiger partial charge is 0.400 e. The molecule has 1 amide bonds. The molecule has 98 valence electrons. The lowest BCUT2D eigenvalue weighted by molar-refractivity contribution is -0.551. The highest BCUT2D eigenvalue weighted by molar-refractivity contribution is 6.35. The Balaban J connectivity index is 2.02. The summed E-state index contributed by atoms with van der Waals surface area (Å²) in [5.74, 6) is -1.32. The van der Waals surface area contributed by atoms with Gasteiger partial charge in [-0.2, -0.15) is 4.58 Å². The zero-order chi connectivity index (χ0) is 13.0. The lowest BCUT2D eigenvalue weighted by atomic mass is 9.70. The molecule has 2 heterocycles. The maximum absolute atomic E-state index is 12.0. The van der Waals surface area contributed by atoms with Gasteiger partial charge in [0.25, 0.3) is 5.71 Å². The van der Waals surface area contributed by atoms with E-state index in [-0.39, 0.29) is 29.5 Å². The first-order valence-corrected chi connectivity index (χ1v) is 6.65. The second-order valence-electron chi connectivity index (χ2n) is 5.71. The van der Waals surface area contributed by atoms with Gasteiger partial charge >= 0.3 is 11.9 Å². The van der Waals surface area contributed by atoms with E-state index in [2.05, 4.69) is 0 Å². The summed E-state index contributed by atoms with van der Waals surface area (Å²) in [4.78, 5) is 23.4. The van der Waals surface area contributed by atoms with Crippen molar-refractivity contribution < 1.29 is 24.4 Å². The molecule has 2 aliphatic heterocycles. The van der Waals surface area contributed by atoms with E-state index in [0.29, 0.717) is 0 Å². The largest absolute Gasteiger partial charge is 0.474 e. The number of aliphatic hydroxyl groups is 1. The molecule has 1 saturated heterocycles. The van der Waals surface area contributed by atoms with Crippen molar-refractivity contribution in [1.29, 1.82) is 0 Å². The van der Waals surface area contributed by atoms with E-state index in [1.807, 2.05) is 0 Å². The Hall–Kier alpha value is -1.23. The highest BCUT2D eigenvalue weighted by atomic mass is 16.4. The number of carbonyl (C=O) groups excluding carboxylic acids is 1. The number of carboxylic acid groups (broad SMARTS) is 1. The Labute approximate surface area is 105 Å². The number of carboxylic acids is 1. The predicted molar refractivity (Wildman–Crippen MR) is 62.3 cm³/mol. The van der Waals surface area contributed by atoms with E-state index >= 15 is 0 Å². The minimum absolute atomic E-state index is 0.00829. The van der Waals surface area contributed by atoms with Gasteiger partial charge < -0.3 is 10.2 Å². The van der Waals surface area contributed by atoms with Crippen molar-refractivity contribution >= 4 is 17.6 Å². The highest BCUT2D eigenvalue weighted by Gasteiger charge is 2.69. The number of β-lactam (4-membered cyclic amide) rings is 1. The zero-order valence-electron chi connectivity index (χ0n) is 10.4. The Morgan fingerprint density at radius 3 is 2.67 bits per heavy atom. The molecule has 18 heavy (non-hydrogen) atoms. The Morgan fingerprint density at radius 1 is 1.39 bits per heavy atom. The summed E-state index contributed by atoms with van der Waals surface area (Å²) >= 11 is 0. The summed E-state index contributed by atoms with van der Waals surface area (Å²) in [6.07, 6.45) is 3.28. The van der Waals surface area contributed by atoms with Crippen molar-refractivity contribution in [2.75, 3.05) is 0 Å². The molecule has 2 N–H and O–H groups in total. The number of hydrogen-bond acceptors (Lipinski definition) is 3. The Morgan fingerprint density at radius 2 is 2.06 bits per heavy atom. The van der Waals surface area contributed by atoms with E-state index < -0.39 is 18.0 Å². The normalized spacial score (nSPS) is 40.0. The molecular weight excluding hydrogens is 234 g/mol. The summed E-state index contributed by atoms with van der Waals surface area (Å²) in [5.41, 5.74) is 0.284. The van der Waals surface area contributed by atoms with Crippen LogP contribution in [0.25, 0.3) is 0 Å². The molecule has 5 nitrogen and oxygen atoms in total. The van der Waals surface area contributed by atoms with E-state index in [1.54, 1.807) is 6.92 Å². The first-order valence-electron chi connectivity index (χ1n) is 6.65. The number of amides is 1. The van der Waals surface area contributed by atoms with Crippen molar-refractivity contribution in [2.45, 2.75) is 44.8 Å². The van der Waals surface area contributed by atoms with Crippen molar-refractivity contribution in [3.8, 4) is 0 Å². The Kier molecular flexibility index (Phi) is 2.55. The lowest BCUT2D eigenvalue weighted by Crippen LogP contribution is -2.60. The average Bonchev–Trinajstić information content (AvgIpc) is 2.60. The third-order valence-corrected chi connectivity index (χ3v) is 4.80. The standard InChI is InChI=1S/C13H17NO4/c1-6(15)9-10-7-4-2-3-5-8(7)11(13(17)18)14(10)12(9)16/h6-10,15H,2-5H2,1H3/p+1. The van der Waals surface area contributed by atoms with Gasteiger partial charge in [0.2, 0.25) is 0 Å². The summed E-state index contributed by atoms with van der Waals surface area (Å²) < 4.78 is 1.46. The number of aliphatic carboxylic acids is 1. The lowest BCUT2D eigenvalue weighted by Gasteiger charge is -2.34. The average molecular weight is 252 g/mol. The van der Waals surface area contributed by atoms with Gasteiger partial charge in [0.15, 0.2) is 12.0 Å². The molecule has 0 spiro atoms. The van der Waals surface area contributed by atoms with E-state index in [9.17, 15) is 19.8 Å². The van der Waals surface area contributed by atoms with Gasteiger partial charge in [0.05, 0.1) is 12.0 Å². The summed E-state index contributed by atoms with van der Waals surface area (Å²) in [5, 5.41) is 19.0. The topological polar surface area (TPSA) is 77.6 Å². The van der Waals surface area contributed by atoms with E-state index in [4.69, 9.17) is 0 Å². The number of rotatable bonds is 2. The van der Waals surface area contributed by atoms with Crippen LogP contribution in [0.3, 0.4) is 0 Å². The van der Waals surface area contributed by atoms with Gasteiger partial charge in [-0.15, -0.1) is 0 Å². The van der Waals surface area contributed by atoms with Crippen LogP contribution in [0, 0.1) is 17.8 Å². The molecule has 0 bridgehead atoms. The second-order valence-corrected chi connectivity index (χ2v) is 5.71. The molecule has 0 aromatic heterocycles. The van der Waals surface area contributed by atoms with Crippen LogP contribution in [0.2, 0.25) is 0 Å². The van der Waals surface area contributed by atoms with Crippen LogP contribution in [0.4, 0.5) is 0 Å². The van der Waals surface area contributed by atoms with Crippen molar-refractivity contribution in [3.05, 3.63) is 0 Å². The van der Waals surface area contributed by atoms with Crippen molar-refractivity contribution in [2.24, 2.45) is 17.8 Å². The van der Waals surface area contributed by atoms with Gasteiger partial charge in [0, 0.05) is 5.92 Å². The number of fused-ring (bicyclic) bond motifs is 3. The molecule has 3 aliphatic rings. The summed E-state index contributed by atoms with van der Waals surface area (Å²) in [7, 11) is 0. The third kappa shape index (κ3) is 1.34. The monoisotopic (exact) mass is 252 g/mol. The molecule has 1 saturated carbocycles. The fourth-order valence-electron chi connectivity index (χ4n) is 4.11. The number of carbonyl (C=O) groups is 2. The van der Waals surface area contributed by atoms with Crippen LogP contribution in [-0.2, 0) is 9.59 Å². The van der Waals surface area contributed by atoms with Crippen LogP contribution in [0.1, 0.15) is 32.6 Å². The van der Waals surface area contributed by atoms with Gasteiger partial charge in [-0.1, -0.05) is 12.8 Å². The molecule has 5 unspecified atom stereocenters. The minimum Gasteiger partial charge on any atom is -0.474 e. The molecule has 1 aliphatic carbocycles. The van der Waals surface area contributed by atoms with Crippen LogP contribution in [0.15, 0.2) is 0 Å². The number of hydrogen-bond donors (Lipinski definition) is 2. The van der Waals surface area contributed by atoms with Crippen LogP contribution in [0.5, 0.6) is 0 Å². The highest BCUT2D eigenvalue weighted by Crippen LogP contribution is 2.47. The first-order chi connectivity index (χ1) is 8.54. The van der Waals surface area contributed by atoms with Crippen LogP contribution < -0.4 is 0 Å². The summed E-state index contributed by atoms with van der Waals surface area (Å²) in [6, 6.07) is -0.0751.